The molecule has 0 saturated heterocycles. The average molecular weight is 383 g/mol. The highest BCUT2D eigenvalue weighted by atomic mass is 16.5. The summed E-state index contributed by atoms with van der Waals surface area (Å²) in [5, 5.41) is 0. The Bertz CT molecular complexity index is 630. The number of benzene rings is 2. The third kappa shape index (κ3) is 8.06. The highest BCUT2D eigenvalue weighted by Gasteiger charge is 2.06. The summed E-state index contributed by atoms with van der Waals surface area (Å²) in [4.78, 5) is 0. The van der Waals surface area contributed by atoms with Crippen molar-refractivity contribution in [3.05, 3.63) is 54.1 Å². The summed E-state index contributed by atoms with van der Waals surface area (Å²) in [6.45, 7) is 5.28. The normalized spacial score (nSPS) is 12.1. The molecule has 2 aromatic rings. The number of ether oxygens (including phenoxy) is 2. The number of unbranched alkanes of at least 4 members (excludes halogenated alkanes) is 8. The summed E-state index contributed by atoms with van der Waals surface area (Å²) in [5.74, 6) is 0.888. The number of methoxy groups -OCH3 is 1. The minimum atomic E-state index is 0.152. The molecule has 1 unspecified atom stereocenters. The van der Waals surface area contributed by atoms with Crippen LogP contribution in [-0.2, 0) is 4.74 Å². The van der Waals surface area contributed by atoms with Gasteiger partial charge in [0.1, 0.15) is 5.75 Å². The van der Waals surface area contributed by atoms with Gasteiger partial charge in [0.05, 0.1) is 13.2 Å². The van der Waals surface area contributed by atoms with Crippen molar-refractivity contribution in [2.24, 2.45) is 0 Å². The molecule has 0 amide bonds. The van der Waals surface area contributed by atoms with Gasteiger partial charge in [-0.1, -0.05) is 94.7 Å². The van der Waals surface area contributed by atoms with Gasteiger partial charge in [0.25, 0.3) is 0 Å². The second-order valence-electron chi connectivity index (χ2n) is 7.69. The highest BCUT2D eigenvalue weighted by Crippen LogP contribution is 2.25. The van der Waals surface area contributed by atoms with E-state index in [-0.39, 0.29) is 6.10 Å². The van der Waals surface area contributed by atoms with Gasteiger partial charge in [-0.15, -0.1) is 0 Å². The lowest BCUT2D eigenvalue weighted by atomic mass is 10.0. The Morgan fingerprint density at radius 2 is 1.18 bits per heavy atom. The van der Waals surface area contributed by atoms with Crippen LogP contribution >= 0.6 is 0 Å². The molecule has 2 rings (SSSR count). The molecule has 0 bridgehead atoms. The highest BCUT2D eigenvalue weighted by molar-refractivity contribution is 5.64. The van der Waals surface area contributed by atoms with Gasteiger partial charge >= 0.3 is 0 Å². The fraction of sp³-hybridized carbons (Fsp3) is 0.538. The van der Waals surface area contributed by atoms with Crippen molar-refractivity contribution >= 4 is 0 Å². The molecule has 154 valence electrons. The van der Waals surface area contributed by atoms with Crippen LogP contribution in [0.15, 0.2) is 48.5 Å². The van der Waals surface area contributed by atoms with Crippen molar-refractivity contribution < 1.29 is 9.47 Å². The van der Waals surface area contributed by atoms with Gasteiger partial charge in [0.15, 0.2) is 0 Å². The molecule has 2 aromatic carbocycles. The van der Waals surface area contributed by atoms with E-state index in [1.165, 1.54) is 74.5 Å². The van der Waals surface area contributed by atoms with E-state index in [4.69, 9.17) is 9.47 Å². The Morgan fingerprint density at radius 3 is 1.71 bits per heavy atom. The maximum atomic E-state index is 6.05. The summed E-state index contributed by atoms with van der Waals surface area (Å²) >= 11 is 0. The van der Waals surface area contributed by atoms with Crippen LogP contribution in [0, 0.1) is 0 Å². The molecular formula is C26H38O2. The number of rotatable bonds is 14. The predicted molar refractivity (Wildman–Crippen MR) is 120 cm³/mol. The first-order valence-corrected chi connectivity index (χ1v) is 11.1. The first-order chi connectivity index (χ1) is 13.7. The largest absolute Gasteiger partial charge is 0.497 e. The zero-order valence-electron chi connectivity index (χ0n) is 18.1. The van der Waals surface area contributed by atoms with Crippen LogP contribution in [0.1, 0.15) is 83.3 Å². The fourth-order valence-electron chi connectivity index (χ4n) is 3.50. The molecule has 0 radical (unpaired) electrons. The van der Waals surface area contributed by atoms with Crippen LogP contribution in [0.3, 0.4) is 0 Å². The molecule has 28 heavy (non-hydrogen) atoms. The monoisotopic (exact) mass is 382 g/mol. The SMILES string of the molecule is CCCCCCCCCCCOC(C)c1ccc(-c2ccc(OC)cc2)cc1. The lowest BCUT2D eigenvalue weighted by Gasteiger charge is -2.14. The van der Waals surface area contributed by atoms with Crippen LogP contribution in [0.25, 0.3) is 11.1 Å². The fourth-order valence-corrected chi connectivity index (χ4v) is 3.50. The van der Waals surface area contributed by atoms with Crippen molar-refractivity contribution in [1.29, 1.82) is 0 Å². The van der Waals surface area contributed by atoms with Crippen molar-refractivity contribution in [3.8, 4) is 16.9 Å². The van der Waals surface area contributed by atoms with Gasteiger partial charge in [-0.3, -0.25) is 0 Å². The Morgan fingerprint density at radius 1 is 0.679 bits per heavy atom. The Balaban J connectivity index is 1.64. The zero-order chi connectivity index (χ0) is 20.0. The number of hydrogen-bond donors (Lipinski definition) is 0. The Labute approximate surface area is 172 Å². The van der Waals surface area contributed by atoms with E-state index >= 15 is 0 Å². The summed E-state index contributed by atoms with van der Waals surface area (Å²) in [5.41, 5.74) is 3.67. The molecule has 0 aliphatic rings. The lowest BCUT2D eigenvalue weighted by Crippen LogP contribution is -2.01. The molecule has 0 aromatic heterocycles. The van der Waals surface area contributed by atoms with Crippen LogP contribution in [0.4, 0.5) is 0 Å². The molecule has 0 spiro atoms. The van der Waals surface area contributed by atoms with E-state index in [9.17, 15) is 0 Å². The second kappa shape index (κ2) is 13.4. The zero-order valence-corrected chi connectivity index (χ0v) is 18.1. The van der Waals surface area contributed by atoms with Crippen molar-refractivity contribution in [2.75, 3.05) is 13.7 Å². The van der Waals surface area contributed by atoms with Crippen molar-refractivity contribution in [3.63, 3.8) is 0 Å². The average Bonchev–Trinajstić information content (AvgIpc) is 2.75. The molecular weight excluding hydrogens is 344 g/mol. The lowest BCUT2D eigenvalue weighted by molar-refractivity contribution is 0.0627. The third-order valence-corrected chi connectivity index (χ3v) is 5.42. The third-order valence-electron chi connectivity index (χ3n) is 5.42. The Hall–Kier alpha value is -1.80. The van der Waals surface area contributed by atoms with Gasteiger partial charge < -0.3 is 9.47 Å². The first-order valence-electron chi connectivity index (χ1n) is 11.1. The van der Waals surface area contributed by atoms with Crippen LogP contribution < -0.4 is 4.74 Å². The van der Waals surface area contributed by atoms with Gasteiger partial charge in [0, 0.05) is 6.61 Å². The first kappa shape index (κ1) is 22.5. The molecule has 2 nitrogen and oxygen atoms in total. The maximum Gasteiger partial charge on any atom is 0.118 e. The predicted octanol–water partition coefficient (Wildman–Crippen LogP) is 7.97. The molecule has 0 N–H and O–H groups in total. The van der Waals surface area contributed by atoms with Gasteiger partial charge in [-0.05, 0) is 42.2 Å². The summed E-state index contributed by atoms with van der Waals surface area (Å²) < 4.78 is 11.3. The van der Waals surface area contributed by atoms with Crippen molar-refractivity contribution in [2.45, 2.75) is 77.7 Å². The molecule has 0 saturated carbocycles. The van der Waals surface area contributed by atoms with Gasteiger partial charge in [-0.2, -0.15) is 0 Å². The maximum absolute atomic E-state index is 6.05. The van der Waals surface area contributed by atoms with Crippen molar-refractivity contribution in [1.82, 2.24) is 0 Å². The van der Waals surface area contributed by atoms with Crippen LogP contribution in [-0.4, -0.2) is 13.7 Å². The van der Waals surface area contributed by atoms with Crippen LogP contribution in [0.2, 0.25) is 0 Å². The summed E-state index contributed by atoms with van der Waals surface area (Å²) in [6.07, 6.45) is 12.3. The topological polar surface area (TPSA) is 18.5 Å². The van der Waals surface area contributed by atoms with E-state index in [0.29, 0.717) is 0 Å². The van der Waals surface area contributed by atoms with E-state index in [2.05, 4.69) is 50.2 Å². The molecule has 0 fully saturated rings. The minimum absolute atomic E-state index is 0.152. The van der Waals surface area contributed by atoms with Gasteiger partial charge in [0.2, 0.25) is 0 Å². The minimum Gasteiger partial charge on any atom is -0.497 e. The van der Waals surface area contributed by atoms with Crippen LogP contribution in [0.5, 0.6) is 5.75 Å². The van der Waals surface area contributed by atoms with Gasteiger partial charge in [-0.25, -0.2) is 0 Å². The van der Waals surface area contributed by atoms with E-state index in [1.54, 1.807) is 7.11 Å². The van der Waals surface area contributed by atoms with E-state index < -0.39 is 0 Å². The summed E-state index contributed by atoms with van der Waals surface area (Å²) in [6, 6.07) is 16.9. The smallest absolute Gasteiger partial charge is 0.118 e. The standard InChI is InChI=1S/C26H38O2/c1-4-5-6-7-8-9-10-11-12-21-28-22(2)23-13-15-24(16-14-23)25-17-19-26(27-3)20-18-25/h13-20,22H,4-12,21H2,1-3H3. The number of hydrogen-bond acceptors (Lipinski definition) is 2. The molecule has 0 heterocycles. The quantitative estimate of drug-likeness (QED) is 0.308. The van der Waals surface area contributed by atoms with E-state index in [0.717, 1.165) is 12.4 Å². The molecule has 1 atom stereocenters. The van der Waals surface area contributed by atoms with E-state index in [1.807, 2.05) is 12.1 Å². The second-order valence-corrected chi connectivity index (χ2v) is 7.69. The molecule has 0 aliphatic heterocycles. The molecule has 0 aliphatic carbocycles. The Kier molecular flexibility index (Phi) is 10.8. The molecule has 2 heteroatoms. The summed E-state index contributed by atoms with van der Waals surface area (Å²) in [7, 11) is 1.69.